The molecule has 0 amide bonds. The molecular weight excluding hydrogens is 410 g/mol. The molecule has 0 aromatic rings. The zero-order valence-corrected chi connectivity index (χ0v) is 18.8. The molecule has 0 spiro atoms. The van der Waals surface area contributed by atoms with E-state index < -0.39 is 65.1 Å². The van der Waals surface area contributed by atoms with Gasteiger partial charge < -0.3 is 14.6 Å². The number of aliphatic hydroxyl groups is 1. The molecule has 3 fully saturated rings. The third kappa shape index (κ3) is 2.63. The number of ketones is 2. The van der Waals surface area contributed by atoms with Crippen LogP contribution in [0, 0.1) is 28.6 Å². The Morgan fingerprint density at radius 2 is 2.19 bits per heavy atom. The number of rotatable bonds is 3. The van der Waals surface area contributed by atoms with Gasteiger partial charge in [-0.15, -0.1) is 0 Å². The summed E-state index contributed by atoms with van der Waals surface area (Å²) in [7, 11) is 0. The van der Waals surface area contributed by atoms with Crippen LogP contribution in [0.15, 0.2) is 28.8 Å². The Bertz CT molecular complexity index is 1130. The van der Waals surface area contributed by atoms with Crippen molar-refractivity contribution in [1.82, 2.24) is 0 Å². The van der Waals surface area contributed by atoms with Crippen molar-refractivity contribution >= 4 is 23.4 Å². The molecule has 5 rings (SSSR count). The maximum atomic E-state index is 13.7. The van der Waals surface area contributed by atoms with Crippen molar-refractivity contribution in [3.63, 3.8) is 0 Å². The van der Waals surface area contributed by atoms with Gasteiger partial charge in [-0.25, -0.2) is 4.99 Å². The lowest BCUT2D eigenvalue weighted by Gasteiger charge is -2.59. The molecule has 1 heterocycles. The Morgan fingerprint density at radius 1 is 1.44 bits per heavy atom. The first-order valence-corrected chi connectivity index (χ1v) is 11.2. The molecule has 8 atom stereocenters. The van der Waals surface area contributed by atoms with Crippen molar-refractivity contribution in [2.24, 2.45) is 33.6 Å². The molecular formula is C25H31NO6. The highest BCUT2D eigenvalue weighted by Gasteiger charge is 2.74. The maximum absolute atomic E-state index is 13.7. The van der Waals surface area contributed by atoms with Crippen LogP contribution in [0.5, 0.6) is 0 Å². The molecule has 5 aliphatic rings. The number of fused-ring (bicyclic) bond motifs is 7. The van der Waals surface area contributed by atoms with Crippen molar-refractivity contribution in [2.45, 2.75) is 71.1 Å². The van der Waals surface area contributed by atoms with Gasteiger partial charge in [0.2, 0.25) is 5.78 Å². The van der Waals surface area contributed by atoms with Gasteiger partial charge >= 0.3 is 5.97 Å². The molecule has 3 saturated carbocycles. The second-order valence-electron chi connectivity index (χ2n) is 10.1. The minimum absolute atomic E-state index is 0.156. The average Bonchev–Trinajstić information content (AvgIpc) is 3.22. The van der Waals surface area contributed by atoms with Gasteiger partial charge in [-0.3, -0.25) is 14.4 Å². The van der Waals surface area contributed by atoms with E-state index in [1.54, 1.807) is 26.0 Å². The first-order valence-electron chi connectivity index (χ1n) is 12.7. The lowest BCUT2D eigenvalue weighted by Crippen LogP contribution is -2.62. The molecule has 0 bridgehead atoms. The molecule has 1 N–H and O–H groups in total. The molecule has 0 saturated heterocycles. The minimum Gasteiger partial charge on any atom is -0.475 e. The van der Waals surface area contributed by atoms with Crippen LogP contribution in [0.3, 0.4) is 0 Å². The van der Waals surface area contributed by atoms with Crippen LogP contribution in [0.2, 0.25) is 0 Å². The molecule has 0 aromatic heterocycles. The molecule has 7 nitrogen and oxygen atoms in total. The number of Topliss-reactive ketones (excluding diaryl/α,β-unsaturated/α-hetero) is 1. The van der Waals surface area contributed by atoms with Crippen LogP contribution < -0.4 is 0 Å². The number of nitrogens with zero attached hydrogens (tertiary/aromatic N) is 1. The summed E-state index contributed by atoms with van der Waals surface area (Å²) in [5, 5.41) is 11.8. The van der Waals surface area contributed by atoms with E-state index >= 15 is 0 Å². The van der Waals surface area contributed by atoms with E-state index in [2.05, 4.69) is 4.99 Å². The van der Waals surface area contributed by atoms with Gasteiger partial charge in [-0.05, 0) is 49.6 Å². The van der Waals surface area contributed by atoms with E-state index in [0.29, 0.717) is 19.3 Å². The number of hydrogen-bond donors (Lipinski definition) is 1. The Morgan fingerprint density at radius 3 is 2.91 bits per heavy atom. The summed E-state index contributed by atoms with van der Waals surface area (Å²) in [6.45, 7) is 5.63. The van der Waals surface area contributed by atoms with Crippen molar-refractivity contribution < 1.29 is 33.1 Å². The van der Waals surface area contributed by atoms with E-state index in [1.165, 1.54) is 13.0 Å². The number of hydrogen-bond acceptors (Lipinski definition) is 7. The van der Waals surface area contributed by atoms with Crippen molar-refractivity contribution in [3.8, 4) is 0 Å². The van der Waals surface area contributed by atoms with Gasteiger partial charge in [-0.1, -0.05) is 25.5 Å². The third-order valence-electron chi connectivity index (χ3n) is 8.57. The zero-order valence-electron chi connectivity index (χ0n) is 21.8. The lowest BCUT2D eigenvalue weighted by atomic mass is 9.46. The Kier molecular flexibility index (Phi) is 3.90. The first-order chi connectivity index (χ1) is 16.1. The molecule has 32 heavy (non-hydrogen) atoms. The number of carbonyl (C=O) groups excluding carboxylic acids is 3. The molecule has 7 heteroatoms. The lowest BCUT2D eigenvalue weighted by molar-refractivity contribution is -0.155. The summed E-state index contributed by atoms with van der Waals surface area (Å²) in [6.07, 6.45) is 0.0832. The van der Waals surface area contributed by atoms with E-state index in [1.807, 2.05) is 6.92 Å². The molecule has 0 aromatic carbocycles. The number of ether oxygens (including phenoxy) is 2. The van der Waals surface area contributed by atoms with Crippen molar-refractivity contribution in [3.05, 3.63) is 23.8 Å². The van der Waals surface area contributed by atoms with E-state index in [9.17, 15) is 23.6 Å². The highest BCUT2D eigenvalue weighted by atomic mass is 16.5. The molecule has 1 aliphatic heterocycles. The number of aliphatic imine (C=N–C) groups is 1. The van der Waals surface area contributed by atoms with Gasteiger partial charge in [0.15, 0.2) is 23.8 Å². The minimum atomic E-state index is -2.61. The van der Waals surface area contributed by atoms with Gasteiger partial charge in [0, 0.05) is 33.3 Å². The smallest absolute Gasteiger partial charge is 0.303 e. The topological polar surface area (TPSA) is 102 Å². The fourth-order valence-electron chi connectivity index (χ4n) is 7.24. The van der Waals surface area contributed by atoms with Crippen LogP contribution in [0.1, 0.15) is 57.4 Å². The molecule has 172 valence electrons. The van der Waals surface area contributed by atoms with Crippen molar-refractivity contribution in [2.75, 3.05) is 6.61 Å². The van der Waals surface area contributed by atoms with Crippen molar-refractivity contribution in [1.29, 1.82) is 0 Å². The standard InChI is InChI=1S/C25H31NO6/c1-13-26-25(20(30)12-31-14(2)27)21(32-13)10-18-17-6-5-15-9-16(28)7-8-23(15,3)22(17)19(29)11-24(18,25)4/h7-9,17-19,21-22,29H,5-6,10-12H2,1-4H3/t17-,18-,19-,21+,22+,23-,24-,25+/m0/s1/i11D2,19D. The summed E-state index contributed by atoms with van der Waals surface area (Å²) < 4.78 is 38.7. The van der Waals surface area contributed by atoms with Crippen LogP contribution in [0.4, 0.5) is 0 Å². The van der Waals surface area contributed by atoms with Crippen LogP contribution in [-0.2, 0) is 23.9 Å². The summed E-state index contributed by atoms with van der Waals surface area (Å²) in [6, 6.07) is 0. The molecule has 4 aliphatic carbocycles. The maximum Gasteiger partial charge on any atom is 0.303 e. The second kappa shape index (κ2) is 6.86. The van der Waals surface area contributed by atoms with Crippen LogP contribution in [-0.4, -0.2) is 52.9 Å². The normalized spacial score (nSPS) is 51.4. The van der Waals surface area contributed by atoms with Gasteiger partial charge in [0.1, 0.15) is 6.10 Å². The van der Waals surface area contributed by atoms with E-state index in [-0.39, 0.29) is 17.6 Å². The van der Waals surface area contributed by atoms with Crippen LogP contribution in [0.25, 0.3) is 0 Å². The van der Waals surface area contributed by atoms with E-state index in [0.717, 1.165) is 5.57 Å². The quantitative estimate of drug-likeness (QED) is 0.671. The zero-order chi connectivity index (χ0) is 25.8. The van der Waals surface area contributed by atoms with Gasteiger partial charge in [0.25, 0.3) is 0 Å². The molecule has 0 radical (unpaired) electrons. The monoisotopic (exact) mass is 444 g/mol. The fraction of sp³-hybridized carbons (Fsp3) is 0.680. The Balaban J connectivity index is 1.69. The van der Waals surface area contributed by atoms with Crippen LogP contribution >= 0.6 is 0 Å². The summed E-state index contributed by atoms with van der Waals surface area (Å²) >= 11 is 0. The fourth-order valence-corrected chi connectivity index (χ4v) is 7.24. The highest BCUT2D eigenvalue weighted by molar-refractivity contribution is 6.01. The van der Waals surface area contributed by atoms with Gasteiger partial charge in [0.05, 0.1) is 7.45 Å². The second-order valence-corrected chi connectivity index (χ2v) is 10.1. The third-order valence-corrected chi connectivity index (χ3v) is 8.57. The summed E-state index contributed by atoms with van der Waals surface area (Å²) in [5.41, 5.74) is -3.44. The number of esters is 1. The largest absolute Gasteiger partial charge is 0.475 e. The Hall–Kier alpha value is -2.28. The Labute approximate surface area is 192 Å². The predicted octanol–water partition coefficient (Wildman–Crippen LogP) is 2.56. The number of carbonyl (C=O) groups is 3. The average molecular weight is 445 g/mol. The summed E-state index contributed by atoms with van der Waals surface area (Å²) in [5.74, 6) is -2.79. The molecule has 0 unspecified atom stereocenters. The van der Waals surface area contributed by atoms with E-state index in [4.69, 9.17) is 9.47 Å². The van der Waals surface area contributed by atoms with Gasteiger partial charge in [-0.2, -0.15) is 0 Å². The number of allylic oxidation sites excluding steroid dienone is 4. The summed E-state index contributed by atoms with van der Waals surface area (Å²) in [4.78, 5) is 41.8. The highest BCUT2D eigenvalue weighted by Crippen LogP contribution is 2.69. The predicted molar refractivity (Wildman–Crippen MR) is 116 cm³/mol. The SMILES string of the molecule is [2H]C1([2H])[C@]([2H])(O)[C@H]2[C@@H](CCC3=CC(=O)C=C[C@@]32C)[C@@H]2C[C@H]3OC(C)=N[C@@]3(C(=O)COC(C)=O)[C@]21C. The first kappa shape index (κ1) is 18.2.